The maximum atomic E-state index is 2.31. The fraction of sp³-hybridized carbons (Fsp3) is 0.400. The second-order valence-electron chi connectivity index (χ2n) is 11.6. The summed E-state index contributed by atoms with van der Waals surface area (Å²) in [7, 11) is 0. The predicted octanol–water partition coefficient (Wildman–Crippen LogP) is 12.5. The minimum absolute atomic E-state index is 1.20. The van der Waals surface area contributed by atoms with E-state index in [9.17, 15) is 0 Å². The van der Waals surface area contributed by atoms with Crippen LogP contribution >= 0.6 is 0 Å². The Morgan fingerprint density at radius 3 is 0.775 bits per heavy atom. The Morgan fingerprint density at radius 1 is 0.275 bits per heavy atom. The van der Waals surface area contributed by atoms with Gasteiger partial charge in [0.05, 0.1) is 0 Å². The summed E-state index contributed by atoms with van der Waals surface area (Å²) in [4.78, 5) is 0. The molecular weight excluding hydrogens is 480 g/mol. The fourth-order valence-electron chi connectivity index (χ4n) is 5.66. The normalized spacial score (nSPS) is 11.2. The Labute approximate surface area is 244 Å². The summed E-state index contributed by atoms with van der Waals surface area (Å²) in [6.07, 6.45) is 18.7. The molecule has 0 aliphatic heterocycles. The van der Waals surface area contributed by atoms with E-state index in [1.165, 1.54) is 134 Å². The van der Waals surface area contributed by atoms with Crippen LogP contribution in [-0.4, -0.2) is 0 Å². The molecule has 0 bridgehead atoms. The smallest absolute Gasteiger partial charge is 0.0184 e. The molecule has 0 saturated heterocycles. The van der Waals surface area contributed by atoms with Crippen molar-refractivity contribution in [2.24, 2.45) is 0 Å². The van der Waals surface area contributed by atoms with E-state index in [0.29, 0.717) is 0 Å². The standard InChI is InChI=1S/C40H50/c1-3-5-7-9-11-13-15-33-17-21-35(22-18-33)37-25-29-39(30-26-37)40-31-27-38(28-32-40)36-23-19-34(20-24-36)16-14-12-10-8-6-4-2/h17-32H,3-16H2,1-2H3. The summed E-state index contributed by atoms with van der Waals surface area (Å²) in [5.41, 5.74) is 10.6. The number of benzene rings is 4. The zero-order valence-corrected chi connectivity index (χ0v) is 25.1. The molecule has 0 radical (unpaired) electrons. The van der Waals surface area contributed by atoms with Crippen LogP contribution < -0.4 is 0 Å². The second-order valence-corrected chi connectivity index (χ2v) is 11.6. The van der Waals surface area contributed by atoms with Crippen LogP contribution in [0.3, 0.4) is 0 Å². The van der Waals surface area contributed by atoms with Gasteiger partial charge in [0.1, 0.15) is 0 Å². The number of hydrogen-bond acceptors (Lipinski definition) is 0. The van der Waals surface area contributed by atoms with Gasteiger partial charge in [0.2, 0.25) is 0 Å². The molecule has 4 aromatic rings. The summed E-state index contributed by atoms with van der Waals surface area (Å²) < 4.78 is 0. The van der Waals surface area contributed by atoms with Crippen molar-refractivity contribution in [1.29, 1.82) is 0 Å². The van der Waals surface area contributed by atoms with Crippen molar-refractivity contribution in [2.75, 3.05) is 0 Å². The van der Waals surface area contributed by atoms with Gasteiger partial charge in [-0.05, 0) is 70.2 Å². The van der Waals surface area contributed by atoms with Crippen LogP contribution in [0.4, 0.5) is 0 Å². The van der Waals surface area contributed by atoms with Crippen molar-refractivity contribution >= 4 is 0 Å². The third kappa shape index (κ3) is 9.51. The van der Waals surface area contributed by atoms with Gasteiger partial charge >= 0.3 is 0 Å². The van der Waals surface area contributed by atoms with Gasteiger partial charge in [0.25, 0.3) is 0 Å². The van der Waals surface area contributed by atoms with Crippen molar-refractivity contribution < 1.29 is 0 Å². The molecule has 210 valence electrons. The summed E-state index contributed by atoms with van der Waals surface area (Å²) in [6, 6.07) is 36.5. The summed E-state index contributed by atoms with van der Waals surface area (Å²) in [5.74, 6) is 0. The highest BCUT2D eigenvalue weighted by Gasteiger charge is 2.04. The zero-order valence-electron chi connectivity index (χ0n) is 25.1. The first kappa shape index (κ1) is 29.9. The van der Waals surface area contributed by atoms with Gasteiger partial charge in [-0.15, -0.1) is 0 Å². The first-order valence-electron chi connectivity index (χ1n) is 16.2. The van der Waals surface area contributed by atoms with Crippen LogP contribution in [0.1, 0.15) is 102 Å². The van der Waals surface area contributed by atoms with Gasteiger partial charge in [-0.25, -0.2) is 0 Å². The van der Waals surface area contributed by atoms with Gasteiger partial charge in [0, 0.05) is 0 Å². The van der Waals surface area contributed by atoms with E-state index in [-0.39, 0.29) is 0 Å². The molecule has 4 rings (SSSR count). The van der Waals surface area contributed by atoms with Crippen molar-refractivity contribution in [3.05, 3.63) is 108 Å². The van der Waals surface area contributed by atoms with Crippen molar-refractivity contribution in [2.45, 2.75) is 104 Å². The van der Waals surface area contributed by atoms with Crippen LogP contribution in [-0.2, 0) is 12.8 Å². The van der Waals surface area contributed by atoms with Gasteiger partial charge in [0.15, 0.2) is 0 Å². The largest absolute Gasteiger partial charge is 0.0654 e. The molecule has 0 aliphatic rings. The zero-order chi connectivity index (χ0) is 27.8. The van der Waals surface area contributed by atoms with Crippen molar-refractivity contribution in [1.82, 2.24) is 0 Å². The lowest BCUT2D eigenvalue weighted by molar-refractivity contribution is 0.607. The summed E-state index contributed by atoms with van der Waals surface area (Å²) >= 11 is 0. The Balaban J connectivity index is 1.27. The van der Waals surface area contributed by atoms with Gasteiger partial charge in [-0.3, -0.25) is 0 Å². The fourth-order valence-corrected chi connectivity index (χ4v) is 5.66. The molecule has 4 aromatic carbocycles. The van der Waals surface area contributed by atoms with E-state index in [2.05, 4.69) is 111 Å². The van der Waals surface area contributed by atoms with E-state index in [1.54, 1.807) is 0 Å². The molecule has 0 atom stereocenters. The molecule has 0 N–H and O–H groups in total. The second kappa shape index (κ2) is 16.9. The van der Waals surface area contributed by atoms with E-state index in [4.69, 9.17) is 0 Å². The first-order valence-corrected chi connectivity index (χ1v) is 16.2. The van der Waals surface area contributed by atoms with E-state index in [1.807, 2.05) is 0 Å². The van der Waals surface area contributed by atoms with Gasteiger partial charge < -0.3 is 0 Å². The monoisotopic (exact) mass is 530 g/mol. The number of hydrogen-bond donors (Lipinski definition) is 0. The average molecular weight is 531 g/mol. The number of rotatable bonds is 17. The van der Waals surface area contributed by atoms with E-state index >= 15 is 0 Å². The molecule has 0 spiro atoms. The molecule has 0 nitrogen and oxygen atoms in total. The Kier molecular flexibility index (Phi) is 12.6. The van der Waals surface area contributed by atoms with Gasteiger partial charge in [-0.2, -0.15) is 0 Å². The van der Waals surface area contributed by atoms with Crippen LogP contribution in [0.15, 0.2) is 97.1 Å². The maximum absolute atomic E-state index is 2.31. The molecule has 0 amide bonds. The van der Waals surface area contributed by atoms with Crippen LogP contribution in [0.2, 0.25) is 0 Å². The highest BCUT2D eigenvalue weighted by molar-refractivity contribution is 5.73. The van der Waals surface area contributed by atoms with Crippen LogP contribution in [0.25, 0.3) is 33.4 Å². The summed E-state index contributed by atoms with van der Waals surface area (Å²) in [5, 5.41) is 0. The third-order valence-electron chi connectivity index (χ3n) is 8.32. The Morgan fingerprint density at radius 2 is 0.500 bits per heavy atom. The SMILES string of the molecule is CCCCCCCCc1ccc(-c2ccc(-c3ccc(-c4ccc(CCCCCCCC)cc4)cc3)cc2)cc1. The highest BCUT2D eigenvalue weighted by atomic mass is 14.1. The van der Waals surface area contributed by atoms with E-state index in [0.717, 1.165) is 0 Å². The molecule has 0 unspecified atom stereocenters. The first-order chi connectivity index (χ1) is 19.8. The lowest BCUT2D eigenvalue weighted by atomic mass is 9.96. The van der Waals surface area contributed by atoms with Crippen LogP contribution in [0.5, 0.6) is 0 Å². The predicted molar refractivity (Wildman–Crippen MR) is 177 cm³/mol. The summed E-state index contributed by atoms with van der Waals surface area (Å²) in [6.45, 7) is 4.56. The maximum Gasteiger partial charge on any atom is -0.0184 e. The van der Waals surface area contributed by atoms with E-state index < -0.39 is 0 Å². The molecule has 0 aliphatic carbocycles. The molecule has 0 aromatic heterocycles. The molecule has 0 saturated carbocycles. The Hall–Kier alpha value is -3.12. The minimum Gasteiger partial charge on any atom is -0.0654 e. The van der Waals surface area contributed by atoms with Crippen molar-refractivity contribution in [3.63, 3.8) is 0 Å². The lowest BCUT2D eigenvalue weighted by Gasteiger charge is -2.08. The van der Waals surface area contributed by atoms with Gasteiger partial charge in [-0.1, -0.05) is 175 Å². The van der Waals surface area contributed by atoms with Crippen LogP contribution in [0, 0.1) is 0 Å². The lowest BCUT2D eigenvalue weighted by Crippen LogP contribution is -1.87. The quantitative estimate of drug-likeness (QED) is 0.119. The Bertz CT molecular complexity index is 1110. The molecule has 40 heavy (non-hydrogen) atoms. The molecule has 0 heterocycles. The number of aryl methyl sites for hydroxylation is 2. The van der Waals surface area contributed by atoms with Crippen molar-refractivity contribution in [3.8, 4) is 33.4 Å². The molecule has 0 fully saturated rings. The highest BCUT2D eigenvalue weighted by Crippen LogP contribution is 2.28. The molecule has 0 heteroatoms. The minimum atomic E-state index is 1.20. The average Bonchev–Trinajstić information content (AvgIpc) is 3.01. The molecular formula is C40H50. The number of unbranched alkanes of at least 4 members (excludes halogenated alkanes) is 10. The topological polar surface area (TPSA) is 0 Å². The third-order valence-corrected chi connectivity index (χ3v) is 8.32.